The van der Waals surface area contributed by atoms with Gasteiger partial charge in [0.25, 0.3) is 5.89 Å². The Morgan fingerprint density at radius 3 is 2.81 bits per heavy atom. The predicted octanol–water partition coefficient (Wildman–Crippen LogP) is 2.82. The third-order valence-corrected chi connectivity index (χ3v) is 2.82. The van der Waals surface area contributed by atoms with Gasteiger partial charge in [-0.2, -0.15) is 4.98 Å². The Balaban J connectivity index is 1.66. The summed E-state index contributed by atoms with van der Waals surface area (Å²) in [6, 6.07) is 11.0. The molecule has 2 heterocycles. The molecule has 0 fully saturated rings. The van der Waals surface area contributed by atoms with Gasteiger partial charge in [-0.25, -0.2) is 0 Å². The monoisotopic (exact) mass is 283 g/mol. The van der Waals surface area contributed by atoms with Crippen LogP contribution in [-0.2, 0) is 11.2 Å². The van der Waals surface area contributed by atoms with Gasteiger partial charge in [-0.1, -0.05) is 23.4 Å². The fourth-order valence-electron chi connectivity index (χ4n) is 1.87. The molecule has 0 radical (unpaired) electrons. The molecule has 0 unspecified atom stereocenters. The molecule has 21 heavy (non-hydrogen) atoms. The number of hydrogen-bond donors (Lipinski definition) is 1. The lowest BCUT2D eigenvalue weighted by molar-refractivity contribution is -0.115. The third-order valence-electron chi connectivity index (χ3n) is 2.82. The van der Waals surface area contributed by atoms with E-state index in [9.17, 15) is 4.79 Å². The number of hydrogen-bond acceptors (Lipinski definition) is 5. The van der Waals surface area contributed by atoms with Crippen molar-refractivity contribution in [2.24, 2.45) is 0 Å². The Morgan fingerprint density at radius 2 is 2.10 bits per heavy atom. The molecule has 1 aromatic carbocycles. The van der Waals surface area contributed by atoms with Gasteiger partial charge in [0.05, 0.1) is 12.0 Å². The van der Waals surface area contributed by atoms with Crippen molar-refractivity contribution in [1.29, 1.82) is 0 Å². The Hall–Kier alpha value is -2.89. The lowest BCUT2D eigenvalue weighted by atomic mass is 10.3. The lowest BCUT2D eigenvalue weighted by Crippen LogP contribution is -2.15. The maximum Gasteiger partial charge on any atom is 0.261 e. The molecule has 2 aromatic heterocycles. The van der Waals surface area contributed by atoms with Crippen molar-refractivity contribution in [3.63, 3.8) is 0 Å². The van der Waals surface area contributed by atoms with Crippen LogP contribution >= 0.6 is 0 Å². The first-order valence-electron chi connectivity index (χ1n) is 6.44. The van der Waals surface area contributed by atoms with Crippen LogP contribution in [-0.4, -0.2) is 16.0 Å². The summed E-state index contributed by atoms with van der Waals surface area (Å²) in [6.07, 6.45) is 1.59. The number of nitrogens with zero attached hydrogens (tertiary/aromatic N) is 2. The Bertz CT molecular complexity index is 746. The van der Waals surface area contributed by atoms with Crippen LogP contribution in [0.2, 0.25) is 0 Å². The summed E-state index contributed by atoms with van der Waals surface area (Å²) < 4.78 is 10.3. The fourth-order valence-corrected chi connectivity index (χ4v) is 1.87. The van der Waals surface area contributed by atoms with E-state index in [4.69, 9.17) is 8.94 Å². The summed E-state index contributed by atoms with van der Waals surface area (Å²) in [5.74, 6) is 1.23. The highest BCUT2D eigenvalue weighted by Gasteiger charge is 2.13. The van der Waals surface area contributed by atoms with Gasteiger partial charge in [0.1, 0.15) is 12.0 Å². The topological polar surface area (TPSA) is 81.2 Å². The lowest BCUT2D eigenvalue weighted by Gasteiger charge is -2.01. The molecule has 0 spiro atoms. The zero-order chi connectivity index (χ0) is 14.7. The zero-order valence-corrected chi connectivity index (χ0v) is 11.4. The minimum atomic E-state index is -0.197. The molecule has 0 aliphatic heterocycles. The average molecular weight is 283 g/mol. The van der Waals surface area contributed by atoms with Crippen molar-refractivity contribution < 1.29 is 13.7 Å². The van der Waals surface area contributed by atoms with Gasteiger partial charge in [0, 0.05) is 5.69 Å². The van der Waals surface area contributed by atoms with Gasteiger partial charge in [-0.3, -0.25) is 4.79 Å². The van der Waals surface area contributed by atoms with Gasteiger partial charge < -0.3 is 14.3 Å². The van der Waals surface area contributed by atoms with Crippen molar-refractivity contribution in [3.05, 3.63) is 54.2 Å². The van der Waals surface area contributed by atoms with Gasteiger partial charge in [-0.05, 0) is 25.1 Å². The minimum Gasteiger partial charge on any atom is -0.469 e. The number of carbonyl (C=O) groups is 1. The molecule has 0 saturated heterocycles. The fraction of sp³-hybridized carbons (Fsp3) is 0.133. The quantitative estimate of drug-likeness (QED) is 0.796. The molecule has 1 amide bonds. The summed E-state index contributed by atoms with van der Waals surface area (Å²) in [4.78, 5) is 16.1. The Kier molecular flexibility index (Phi) is 3.51. The molecular weight excluding hydrogens is 270 g/mol. The molecule has 1 N–H and O–H groups in total. The van der Waals surface area contributed by atoms with Crippen molar-refractivity contribution in [2.75, 3.05) is 5.32 Å². The zero-order valence-electron chi connectivity index (χ0n) is 11.4. The molecule has 3 rings (SSSR count). The first-order chi connectivity index (χ1) is 10.2. The van der Waals surface area contributed by atoms with Crippen molar-refractivity contribution >= 4 is 11.6 Å². The molecule has 0 bridgehead atoms. The molecule has 0 aliphatic carbocycles. The van der Waals surface area contributed by atoms with E-state index in [0.29, 0.717) is 17.3 Å². The normalized spacial score (nSPS) is 10.5. The van der Waals surface area contributed by atoms with Crippen LogP contribution in [0.1, 0.15) is 11.6 Å². The first kappa shape index (κ1) is 13.1. The number of aromatic nitrogens is 2. The van der Waals surface area contributed by atoms with E-state index in [1.807, 2.05) is 37.3 Å². The molecule has 0 atom stereocenters. The second-order valence-electron chi connectivity index (χ2n) is 4.55. The van der Waals surface area contributed by atoms with Crippen LogP contribution in [0.3, 0.4) is 0 Å². The van der Waals surface area contributed by atoms with Crippen LogP contribution in [0.15, 0.2) is 51.6 Å². The molecule has 3 aromatic rings. The van der Waals surface area contributed by atoms with Crippen LogP contribution in [0.5, 0.6) is 0 Å². The maximum absolute atomic E-state index is 11.9. The van der Waals surface area contributed by atoms with Crippen molar-refractivity contribution in [2.45, 2.75) is 13.3 Å². The summed E-state index contributed by atoms with van der Waals surface area (Å²) in [7, 11) is 0. The number of aryl methyl sites for hydroxylation is 1. The Morgan fingerprint density at radius 1 is 1.29 bits per heavy atom. The van der Waals surface area contributed by atoms with E-state index in [1.165, 1.54) is 6.26 Å². The number of para-hydroxylation sites is 1. The largest absolute Gasteiger partial charge is 0.469 e. The molecule has 106 valence electrons. The number of carbonyl (C=O) groups excluding carboxylic acids is 1. The van der Waals surface area contributed by atoms with E-state index in [-0.39, 0.29) is 12.3 Å². The first-order valence-corrected chi connectivity index (χ1v) is 6.44. The number of nitrogens with one attached hydrogen (secondary N) is 1. The standard InChI is InChI=1S/C15H13N3O3/c1-10-7-11(9-20-10)15-17-13(18-21-15)8-14(19)16-12-5-3-2-4-6-12/h2-7,9H,8H2,1H3,(H,16,19). The molecular formula is C15H13N3O3. The van der Waals surface area contributed by atoms with Crippen molar-refractivity contribution in [1.82, 2.24) is 10.1 Å². The number of rotatable bonds is 4. The number of amides is 1. The van der Waals surface area contributed by atoms with Crippen LogP contribution < -0.4 is 5.32 Å². The van der Waals surface area contributed by atoms with Crippen molar-refractivity contribution in [3.8, 4) is 11.5 Å². The van der Waals surface area contributed by atoms with E-state index in [1.54, 1.807) is 6.07 Å². The molecule has 0 saturated carbocycles. The van der Waals surface area contributed by atoms with Gasteiger partial charge in [0.15, 0.2) is 5.82 Å². The molecule has 0 aliphatic rings. The highest BCUT2D eigenvalue weighted by Crippen LogP contribution is 2.19. The summed E-state index contributed by atoms with van der Waals surface area (Å²) in [5, 5.41) is 6.56. The second kappa shape index (κ2) is 5.62. The van der Waals surface area contributed by atoms with E-state index in [0.717, 1.165) is 11.4 Å². The van der Waals surface area contributed by atoms with Crippen LogP contribution in [0, 0.1) is 6.92 Å². The van der Waals surface area contributed by atoms with E-state index < -0.39 is 0 Å². The smallest absolute Gasteiger partial charge is 0.261 e. The highest BCUT2D eigenvalue weighted by atomic mass is 16.5. The maximum atomic E-state index is 11.9. The van der Waals surface area contributed by atoms with Gasteiger partial charge in [0.2, 0.25) is 5.91 Å². The summed E-state index contributed by atoms with van der Waals surface area (Å²) >= 11 is 0. The summed E-state index contributed by atoms with van der Waals surface area (Å²) in [5.41, 5.74) is 1.44. The van der Waals surface area contributed by atoms with E-state index in [2.05, 4.69) is 15.5 Å². The molecule has 6 nitrogen and oxygen atoms in total. The van der Waals surface area contributed by atoms with Crippen LogP contribution in [0.4, 0.5) is 5.69 Å². The predicted molar refractivity (Wildman–Crippen MR) is 75.5 cm³/mol. The molecule has 6 heteroatoms. The SMILES string of the molecule is Cc1cc(-c2nc(CC(=O)Nc3ccccc3)no2)co1. The van der Waals surface area contributed by atoms with E-state index >= 15 is 0 Å². The van der Waals surface area contributed by atoms with Gasteiger partial charge in [-0.15, -0.1) is 0 Å². The Labute approximate surface area is 120 Å². The summed E-state index contributed by atoms with van der Waals surface area (Å²) in [6.45, 7) is 1.83. The third kappa shape index (κ3) is 3.17. The van der Waals surface area contributed by atoms with Crippen LogP contribution in [0.25, 0.3) is 11.5 Å². The second-order valence-corrected chi connectivity index (χ2v) is 4.55. The number of benzene rings is 1. The highest BCUT2D eigenvalue weighted by molar-refractivity contribution is 5.91. The average Bonchev–Trinajstić information content (AvgIpc) is 3.09. The minimum absolute atomic E-state index is 0.0508. The number of furan rings is 1. The number of anilines is 1. The van der Waals surface area contributed by atoms with Gasteiger partial charge >= 0.3 is 0 Å².